The smallest absolute Gasteiger partial charge is 0.333 e. The van der Waals surface area contributed by atoms with Gasteiger partial charge in [-0.25, -0.2) is 4.79 Å². The maximum Gasteiger partial charge on any atom is 0.333 e. The average Bonchev–Trinajstić information content (AvgIpc) is 3.15. The van der Waals surface area contributed by atoms with E-state index in [4.69, 9.17) is 13.9 Å². The maximum atomic E-state index is 11.5. The van der Waals surface area contributed by atoms with E-state index in [1.165, 1.54) is 0 Å². The Morgan fingerprint density at radius 1 is 1.41 bits per heavy atom. The zero-order chi connectivity index (χ0) is 17.1. The van der Waals surface area contributed by atoms with E-state index in [1.807, 2.05) is 0 Å². The lowest BCUT2D eigenvalue weighted by Crippen LogP contribution is -2.42. The number of carbonyl (C=O) groups excluding carboxylic acids is 1. The fourth-order valence-corrected chi connectivity index (χ4v) is 2.84. The van der Waals surface area contributed by atoms with Crippen LogP contribution in [0, 0.1) is 0 Å². The molecule has 0 unspecified atom stereocenters. The zero-order valence-corrected chi connectivity index (χ0v) is 15.6. The number of epoxide rings is 1. The molecule has 1 aliphatic rings. The van der Waals surface area contributed by atoms with E-state index >= 15 is 0 Å². The summed E-state index contributed by atoms with van der Waals surface area (Å²) in [4.78, 5) is 11.5. The Hall–Kier alpha value is -0.693. The Bertz CT molecular complexity index is 413. The summed E-state index contributed by atoms with van der Waals surface area (Å²) in [7, 11) is -1.81. The van der Waals surface area contributed by atoms with E-state index in [0.29, 0.717) is 13.2 Å². The quantitative estimate of drug-likeness (QED) is 0.321. The lowest BCUT2D eigenvalue weighted by atomic mass is 10.1. The highest BCUT2D eigenvalue weighted by Gasteiger charge is 2.47. The van der Waals surface area contributed by atoms with Gasteiger partial charge in [-0.2, -0.15) is 0 Å². The van der Waals surface area contributed by atoms with Gasteiger partial charge >= 0.3 is 5.97 Å². The second-order valence-electron chi connectivity index (χ2n) is 7.31. The number of aliphatic hydroxyl groups excluding tert-OH is 1. The lowest BCUT2D eigenvalue weighted by molar-refractivity contribution is -0.138. The van der Waals surface area contributed by atoms with Crippen molar-refractivity contribution in [3.63, 3.8) is 0 Å². The zero-order valence-electron chi connectivity index (χ0n) is 14.6. The number of carbonyl (C=O) groups is 1. The van der Waals surface area contributed by atoms with Crippen LogP contribution < -0.4 is 0 Å². The predicted octanol–water partition coefficient (Wildman–Crippen LogP) is 2.65. The number of aliphatic hydroxyl groups is 1. The van der Waals surface area contributed by atoms with Gasteiger partial charge in [0.15, 0.2) is 8.32 Å². The van der Waals surface area contributed by atoms with Crippen LogP contribution in [0.15, 0.2) is 12.2 Å². The van der Waals surface area contributed by atoms with E-state index in [9.17, 15) is 9.90 Å². The number of esters is 1. The van der Waals surface area contributed by atoms with Gasteiger partial charge in [-0.3, -0.25) is 0 Å². The lowest BCUT2D eigenvalue weighted by Gasteiger charge is -2.36. The van der Waals surface area contributed by atoms with Crippen LogP contribution in [-0.2, 0) is 18.7 Å². The minimum atomic E-state index is -1.81. The van der Waals surface area contributed by atoms with Gasteiger partial charge in [-0.1, -0.05) is 27.4 Å². The van der Waals surface area contributed by atoms with E-state index in [1.54, 1.807) is 6.92 Å². The molecule has 0 aromatic carbocycles. The van der Waals surface area contributed by atoms with Crippen molar-refractivity contribution in [1.29, 1.82) is 0 Å². The van der Waals surface area contributed by atoms with Crippen LogP contribution >= 0.6 is 0 Å². The third-order valence-corrected chi connectivity index (χ3v) is 8.94. The minimum Gasteiger partial charge on any atom is -0.463 e. The van der Waals surface area contributed by atoms with Gasteiger partial charge in [0.1, 0.15) is 12.2 Å². The van der Waals surface area contributed by atoms with Crippen LogP contribution in [0.3, 0.4) is 0 Å². The second kappa shape index (κ2) is 7.25. The van der Waals surface area contributed by atoms with Crippen LogP contribution in [0.5, 0.6) is 0 Å². The first-order chi connectivity index (χ1) is 9.99. The first-order valence-electron chi connectivity index (χ1n) is 7.82. The minimum absolute atomic E-state index is 0.0980. The SMILES string of the molecule is C=C(C[C@@H](O)[C@@H]1O[C@@H]1CO[Si](C)(C)C(C)(C)C)C(=O)OCC. The summed E-state index contributed by atoms with van der Waals surface area (Å²) in [6, 6.07) is 0. The van der Waals surface area contributed by atoms with Gasteiger partial charge in [0.25, 0.3) is 0 Å². The third-order valence-electron chi connectivity index (χ3n) is 4.44. The van der Waals surface area contributed by atoms with Crippen LogP contribution in [-0.4, -0.2) is 50.9 Å². The molecule has 0 saturated carbocycles. The Morgan fingerprint density at radius 3 is 2.50 bits per heavy atom. The Balaban J connectivity index is 2.37. The summed E-state index contributed by atoms with van der Waals surface area (Å²) in [6.45, 7) is 17.1. The molecule has 0 spiro atoms. The molecule has 1 rings (SSSR count). The molecule has 1 N–H and O–H groups in total. The predicted molar refractivity (Wildman–Crippen MR) is 88.2 cm³/mol. The summed E-state index contributed by atoms with van der Waals surface area (Å²) in [5.41, 5.74) is 0.272. The molecule has 0 radical (unpaired) electrons. The molecule has 1 saturated heterocycles. The van der Waals surface area contributed by atoms with Gasteiger partial charge in [0.2, 0.25) is 0 Å². The van der Waals surface area contributed by atoms with Gasteiger partial charge in [-0.05, 0) is 25.1 Å². The summed E-state index contributed by atoms with van der Waals surface area (Å²) in [6.07, 6.45) is -0.958. The molecule has 6 heteroatoms. The number of hydrogen-bond donors (Lipinski definition) is 1. The fraction of sp³-hybridized carbons (Fsp3) is 0.812. The Kier molecular flexibility index (Phi) is 6.38. The van der Waals surface area contributed by atoms with E-state index in [-0.39, 0.29) is 29.2 Å². The summed E-state index contributed by atoms with van der Waals surface area (Å²) in [5, 5.41) is 10.2. The van der Waals surface area contributed by atoms with E-state index < -0.39 is 20.4 Å². The number of hydrogen-bond acceptors (Lipinski definition) is 5. The molecular formula is C16H30O5Si. The molecule has 1 fully saturated rings. The van der Waals surface area contributed by atoms with Crippen molar-refractivity contribution in [2.24, 2.45) is 0 Å². The highest BCUT2D eigenvalue weighted by Crippen LogP contribution is 2.38. The van der Waals surface area contributed by atoms with E-state index in [0.717, 1.165) is 0 Å². The van der Waals surface area contributed by atoms with Crippen molar-refractivity contribution >= 4 is 14.3 Å². The molecule has 0 aliphatic carbocycles. The normalized spacial score (nSPS) is 23.0. The molecular weight excluding hydrogens is 300 g/mol. The van der Waals surface area contributed by atoms with Crippen molar-refractivity contribution in [3.05, 3.63) is 12.2 Å². The molecule has 0 aromatic heterocycles. The van der Waals surface area contributed by atoms with Crippen molar-refractivity contribution in [2.45, 2.75) is 70.6 Å². The molecule has 0 bridgehead atoms. The highest BCUT2D eigenvalue weighted by molar-refractivity contribution is 6.74. The van der Waals surface area contributed by atoms with E-state index in [2.05, 4.69) is 40.4 Å². The van der Waals surface area contributed by atoms with Crippen molar-refractivity contribution in [2.75, 3.05) is 13.2 Å². The average molecular weight is 330 g/mol. The second-order valence-corrected chi connectivity index (χ2v) is 12.1. The Labute approximate surface area is 134 Å². The molecule has 0 amide bonds. The highest BCUT2D eigenvalue weighted by atomic mass is 28.4. The Morgan fingerprint density at radius 2 is 2.00 bits per heavy atom. The molecule has 1 heterocycles. The van der Waals surface area contributed by atoms with Crippen LogP contribution in [0.25, 0.3) is 0 Å². The standard InChI is InChI=1S/C16H30O5Si/c1-8-19-15(18)11(2)9-12(17)14-13(21-14)10-20-22(6,7)16(3,4)5/h12-14,17H,2,8-10H2,1,3-7H3/t12-,13-,14+/m1/s1. The monoisotopic (exact) mass is 330 g/mol. The third kappa shape index (κ3) is 5.19. The summed E-state index contributed by atoms with van der Waals surface area (Å²) >= 11 is 0. The summed E-state index contributed by atoms with van der Waals surface area (Å²) in [5.74, 6) is -0.462. The van der Waals surface area contributed by atoms with Crippen LogP contribution in [0.4, 0.5) is 0 Å². The first kappa shape index (κ1) is 19.4. The molecule has 22 heavy (non-hydrogen) atoms. The van der Waals surface area contributed by atoms with Crippen molar-refractivity contribution in [3.8, 4) is 0 Å². The largest absolute Gasteiger partial charge is 0.463 e. The van der Waals surface area contributed by atoms with Gasteiger partial charge in [-0.15, -0.1) is 0 Å². The van der Waals surface area contributed by atoms with Crippen molar-refractivity contribution in [1.82, 2.24) is 0 Å². The number of ether oxygens (including phenoxy) is 2. The molecule has 1 aliphatic heterocycles. The maximum absolute atomic E-state index is 11.5. The molecule has 5 nitrogen and oxygen atoms in total. The molecule has 128 valence electrons. The number of rotatable bonds is 8. The van der Waals surface area contributed by atoms with Gasteiger partial charge in [0.05, 0.1) is 19.3 Å². The van der Waals surface area contributed by atoms with Crippen LogP contribution in [0.1, 0.15) is 34.1 Å². The van der Waals surface area contributed by atoms with Gasteiger partial charge in [0, 0.05) is 12.0 Å². The topological polar surface area (TPSA) is 68.3 Å². The first-order valence-corrected chi connectivity index (χ1v) is 10.7. The van der Waals surface area contributed by atoms with Crippen LogP contribution in [0.2, 0.25) is 18.1 Å². The molecule has 3 atom stereocenters. The fourth-order valence-electron chi connectivity index (χ4n) is 1.82. The molecule has 0 aromatic rings. The van der Waals surface area contributed by atoms with Gasteiger partial charge < -0.3 is 19.0 Å². The van der Waals surface area contributed by atoms with Crippen molar-refractivity contribution < 1.29 is 23.8 Å². The summed E-state index contributed by atoms with van der Waals surface area (Å²) < 4.78 is 16.4.